The molecule has 0 aliphatic carbocycles. The van der Waals surface area contributed by atoms with Crippen molar-refractivity contribution in [3.05, 3.63) is 77.3 Å². The first kappa shape index (κ1) is 20.4. The molecular weight excluding hydrogens is 436 g/mol. The van der Waals surface area contributed by atoms with Crippen LogP contribution in [0, 0.1) is 0 Å². The van der Waals surface area contributed by atoms with Gasteiger partial charge < -0.3 is 5.32 Å². The number of amides is 1. The van der Waals surface area contributed by atoms with Crippen LogP contribution < -0.4 is 5.32 Å². The van der Waals surface area contributed by atoms with Gasteiger partial charge in [-0.3, -0.25) is 9.36 Å². The summed E-state index contributed by atoms with van der Waals surface area (Å²) < 4.78 is 2.99. The molecule has 1 unspecified atom stereocenters. The Morgan fingerprint density at radius 3 is 2.61 bits per heavy atom. The number of nitrogens with zero attached hydrogens (tertiary/aromatic N) is 3. The number of carbonyl (C=O) groups is 1. The number of aromatic nitrogens is 3. The zero-order valence-electron chi connectivity index (χ0n) is 15.5. The second-order valence-electron chi connectivity index (χ2n) is 6.20. The number of hydrogen-bond acceptors (Lipinski definition) is 4. The van der Waals surface area contributed by atoms with Crippen LogP contribution in [0.3, 0.4) is 0 Å². The van der Waals surface area contributed by atoms with Gasteiger partial charge in [0, 0.05) is 16.6 Å². The van der Waals surface area contributed by atoms with E-state index < -0.39 is 0 Å². The molecule has 28 heavy (non-hydrogen) atoms. The van der Waals surface area contributed by atoms with E-state index in [2.05, 4.69) is 38.0 Å². The lowest BCUT2D eigenvalue weighted by atomic mass is 10.1. The SMILES string of the molecule is C=CCn1c(SCC(=O)NC(C)c2ccc(Br)cc2)nnc1-c1ccccc1. The van der Waals surface area contributed by atoms with E-state index in [-0.39, 0.29) is 17.7 Å². The molecule has 3 aromatic rings. The number of carbonyl (C=O) groups excluding carboxylic acids is 1. The van der Waals surface area contributed by atoms with Crippen molar-refractivity contribution in [3.8, 4) is 11.4 Å². The van der Waals surface area contributed by atoms with Gasteiger partial charge in [-0.15, -0.1) is 16.8 Å². The van der Waals surface area contributed by atoms with Gasteiger partial charge in [0.2, 0.25) is 5.91 Å². The zero-order valence-corrected chi connectivity index (χ0v) is 17.9. The van der Waals surface area contributed by atoms with E-state index in [1.54, 1.807) is 6.08 Å². The molecule has 0 aliphatic heterocycles. The van der Waals surface area contributed by atoms with Gasteiger partial charge in [0.25, 0.3) is 0 Å². The Morgan fingerprint density at radius 1 is 1.21 bits per heavy atom. The fraction of sp³-hybridized carbons (Fsp3) is 0.190. The van der Waals surface area contributed by atoms with Crippen molar-refractivity contribution in [2.45, 2.75) is 24.7 Å². The molecule has 5 nitrogen and oxygen atoms in total. The summed E-state index contributed by atoms with van der Waals surface area (Å²) in [4.78, 5) is 12.4. The fourth-order valence-corrected chi connectivity index (χ4v) is 3.76. The summed E-state index contributed by atoms with van der Waals surface area (Å²) in [6, 6.07) is 17.7. The normalized spacial score (nSPS) is 11.8. The Labute approximate surface area is 177 Å². The Hall–Kier alpha value is -2.38. The van der Waals surface area contributed by atoms with E-state index in [4.69, 9.17) is 0 Å². The predicted octanol–water partition coefficient (Wildman–Crippen LogP) is 4.86. The Kier molecular flexibility index (Phi) is 7.06. The molecule has 2 aromatic carbocycles. The molecule has 1 N–H and O–H groups in total. The van der Waals surface area contributed by atoms with Crippen molar-refractivity contribution < 1.29 is 4.79 Å². The molecule has 1 aromatic heterocycles. The van der Waals surface area contributed by atoms with Crippen LogP contribution in [0.15, 0.2) is 76.9 Å². The van der Waals surface area contributed by atoms with E-state index in [1.165, 1.54) is 11.8 Å². The van der Waals surface area contributed by atoms with Gasteiger partial charge in [-0.2, -0.15) is 0 Å². The first-order chi connectivity index (χ1) is 13.6. The predicted molar refractivity (Wildman–Crippen MR) is 117 cm³/mol. The monoisotopic (exact) mass is 456 g/mol. The van der Waals surface area contributed by atoms with E-state index in [0.29, 0.717) is 11.7 Å². The highest BCUT2D eigenvalue weighted by molar-refractivity contribution is 9.10. The van der Waals surface area contributed by atoms with Crippen molar-refractivity contribution in [1.82, 2.24) is 20.1 Å². The third-order valence-corrected chi connectivity index (χ3v) is 5.64. The Balaban J connectivity index is 1.65. The third kappa shape index (κ3) is 5.11. The van der Waals surface area contributed by atoms with Crippen molar-refractivity contribution in [2.75, 3.05) is 5.75 Å². The van der Waals surface area contributed by atoms with E-state index in [0.717, 1.165) is 21.4 Å². The molecule has 0 aliphatic rings. The van der Waals surface area contributed by atoms with Crippen LogP contribution in [0.4, 0.5) is 0 Å². The molecule has 3 rings (SSSR count). The second-order valence-corrected chi connectivity index (χ2v) is 8.06. The molecule has 0 fully saturated rings. The van der Waals surface area contributed by atoms with Gasteiger partial charge in [-0.05, 0) is 24.6 Å². The maximum absolute atomic E-state index is 12.4. The van der Waals surface area contributed by atoms with Crippen molar-refractivity contribution in [3.63, 3.8) is 0 Å². The van der Waals surface area contributed by atoms with E-state index in [1.807, 2.05) is 66.1 Å². The molecular formula is C21H21BrN4OS. The molecule has 0 spiro atoms. The number of allylic oxidation sites excluding steroid dienone is 1. The molecule has 1 heterocycles. The largest absolute Gasteiger partial charge is 0.349 e. The molecule has 144 valence electrons. The number of thioether (sulfide) groups is 1. The number of hydrogen-bond donors (Lipinski definition) is 1. The average molecular weight is 457 g/mol. The van der Waals surface area contributed by atoms with E-state index >= 15 is 0 Å². The molecule has 0 saturated carbocycles. The van der Waals surface area contributed by atoms with Gasteiger partial charge >= 0.3 is 0 Å². The first-order valence-electron chi connectivity index (χ1n) is 8.85. The highest BCUT2D eigenvalue weighted by Crippen LogP contribution is 2.24. The number of nitrogens with one attached hydrogen (secondary N) is 1. The lowest BCUT2D eigenvalue weighted by Gasteiger charge is -2.14. The standard InChI is InChI=1S/C21H21BrN4OS/c1-3-13-26-20(17-7-5-4-6-8-17)24-25-21(26)28-14-19(27)23-15(2)16-9-11-18(22)12-10-16/h3-12,15H,1,13-14H2,2H3,(H,23,27). The number of benzene rings is 2. The van der Waals surface area contributed by atoms with Crippen LogP contribution in [0.1, 0.15) is 18.5 Å². The van der Waals surface area contributed by atoms with Gasteiger partial charge in [0.1, 0.15) is 0 Å². The second kappa shape index (κ2) is 9.71. The fourth-order valence-electron chi connectivity index (χ4n) is 2.74. The molecule has 0 bridgehead atoms. The van der Waals surface area contributed by atoms with Crippen molar-refractivity contribution in [2.24, 2.45) is 0 Å². The molecule has 7 heteroatoms. The Morgan fingerprint density at radius 2 is 1.93 bits per heavy atom. The van der Waals surface area contributed by atoms with Gasteiger partial charge in [-0.1, -0.05) is 76.2 Å². The minimum Gasteiger partial charge on any atom is -0.349 e. The van der Waals surface area contributed by atoms with Gasteiger partial charge in [0.05, 0.1) is 11.8 Å². The summed E-state index contributed by atoms with van der Waals surface area (Å²) in [5.74, 6) is 0.992. The summed E-state index contributed by atoms with van der Waals surface area (Å²) in [6.07, 6.45) is 1.80. The topological polar surface area (TPSA) is 59.8 Å². The summed E-state index contributed by atoms with van der Waals surface area (Å²) >= 11 is 4.79. The highest BCUT2D eigenvalue weighted by atomic mass is 79.9. The molecule has 0 radical (unpaired) electrons. The summed E-state index contributed by atoms with van der Waals surface area (Å²) in [5.41, 5.74) is 2.04. The summed E-state index contributed by atoms with van der Waals surface area (Å²) in [5, 5.41) is 12.3. The van der Waals surface area contributed by atoms with Crippen molar-refractivity contribution in [1.29, 1.82) is 0 Å². The summed E-state index contributed by atoms with van der Waals surface area (Å²) in [7, 11) is 0. The van der Waals surface area contributed by atoms with Crippen LogP contribution in [-0.4, -0.2) is 26.4 Å². The van der Waals surface area contributed by atoms with Crippen LogP contribution in [-0.2, 0) is 11.3 Å². The van der Waals surface area contributed by atoms with Crippen LogP contribution >= 0.6 is 27.7 Å². The average Bonchev–Trinajstić information content (AvgIpc) is 3.10. The lowest BCUT2D eigenvalue weighted by Crippen LogP contribution is -2.28. The van der Waals surface area contributed by atoms with Crippen LogP contribution in [0.5, 0.6) is 0 Å². The lowest BCUT2D eigenvalue weighted by molar-refractivity contribution is -0.119. The number of halogens is 1. The maximum Gasteiger partial charge on any atom is 0.230 e. The molecule has 1 atom stereocenters. The highest BCUT2D eigenvalue weighted by Gasteiger charge is 2.16. The first-order valence-corrected chi connectivity index (χ1v) is 10.6. The quantitative estimate of drug-likeness (QED) is 0.388. The summed E-state index contributed by atoms with van der Waals surface area (Å²) in [6.45, 7) is 6.37. The minimum atomic E-state index is -0.0628. The Bertz CT molecular complexity index is 941. The van der Waals surface area contributed by atoms with Crippen LogP contribution in [0.2, 0.25) is 0 Å². The van der Waals surface area contributed by atoms with Gasteiger partial charge in [0.15, 0.2) is 11.0 Å². The van der Waals surface area contributed by atoms with E-state index in [9.17, 15) is 4.79 Å². The van der Waals surface area contributed by atoms with Crippen LogP contribution in [0.25, 0.3) is 11.4 Å². The molecule has 1 amide bonds. The van der Waals surface area contributed by atoms with Gasteiger partial charge in [-0.25, -0.2) is 0 Å². The third-order valence-electron chi connectivity index (χ3n) is 4.14. The maximum atomic E-state index is 12.4. The minimum absolute atomic E-state index is 0.0465. The molecule has 0 saturated heterocycles. The zero-order chi connectivity index (χ0) is 19.9. The number of rotatable bonds is 8. The smallest absolute Gasteiger partial charge is 0.230 e. The van der Waals surface area contributed by atoms with Crippen molar-refractivity contribution >= 4 is 33.6 Å².